The molecule has 1 fully saturated rings. The Morgan fingerprint density at radius 3 is 2.80 bits per heavy atom. The Kier molecular flexibility index (Phi) is 3.23. The Balaban J connectivity index is 2.13. The highest BCUT2D eigenvalue weighted by atomic mass is 16.6. The molecule has 1 aliphatic heterocycles. The van der Waals surface area contributed by atoms with Gasteiger partial charge in [0.15, 0.2) is 0 Å². The fourth-order valence-electron chi connectivity index (χ4n) is 1.58. The first-order valence-corrected chi connectivity index (χ1v) is 5.40. The molecule has 2 N–H and O–H groups in total. The van der Waals surface area contributed by atoms with E-state index in [1.807, 2.05) is 24.3 Å². The molecule has 1 heterocycles. The van der Waals surface area contributed by atoms with Crippen molar-refractivity contribution in [2.45, 2.75) is 25.5 Å². The summed E-state index contributed by atoms with van der Waals surface area (Å²) in [7, 11) is 0. The zero-order valence-corrected chi connectivity index (χ0v) is 8.98. The average molecular weight is 207 g/mol. The summed E-state index contributed by atoms with van der Waals surface area (Å²) in [5.74, 6) is 0.903. The average Bonchev–Trinajstić information content (AvgIpc) is 2.23. The minimum atomic E-state index is 0.0576. The number of hydrogen-bond acceptors (Lipinski definition) is 3. The molecule has 1 atom stereocenters. The van der Waals surface area contributed by atoms with E-state index in [1.54, 1.807) is 0 Å². The maximum Gasteiger partial charge on any atom is 0.145 e. The molecule has 0 aliphatic carbocycles. The monoisotopic (exact) mass is 207 g/mol. The van der Waals surface area contributed by atoms with Gasteiger partial charge in [0, 0.05) is 11.6 Å². The Bertz CT molecular complexity index is 323. The standard InChI is InChI=1S/C12H17NO2/c1-2-11(13)10-5-3-4-6-12(10)15-9-7-14-8-9/h3-6,9,11H,2,7-8,13H2,1H3. The van der Waals surface area contributed by atoms with Gasteiger partial charge in [-0.15, -0.1) is 0 Å². The molecule has 1 aliphatic rings. The van der Waals surface area contributed by atoms with Crippen LogP contribution in [0.15, 0.2) is 24.3 Å². The van der Waals surface area contributed by atoms with Crippen LogP contribution in [0.2, 0.25) is 0 Å². The van der Waals surface area contributed by atoms with E-state index in [0.717, 1.165) is 17.7 Å². The smallest absolute Gasteiger partial charge is 0.145 e. The predicted molar refractivity (Wildman–Crippen MR) is 58.9 cm³/mol. The van der Waals surface area contributed by atoms with Crippen molar-refractivity contribution < 1.29 is 9.47 Å². The second-order valence-electron chi connectivity index (χ2n) is 3.83. The summed E-state index contributed by atoms with van der Waals surface area (Å²) in [6.07, 6.45) is 1.12. The highest BCUT2D eigenvalue weighted by Gasteiger charge is 2.21. The van der Waals surface area contributed by atoms with Gasteiger partial charge in [-0.05, 0) is 12.5 Å². The Labute approximate surface area is 90.2 Å². The molecule has 2 rings (SSSR count). The van der Waals surface area contributed by atoms with Crippen LogP contribution in [-0.2, 0) is 4.74 Å². The van der Waals surface area contributed by atoms with Gasteiger partial charge in [0.05, 0.1) is 13.2 Å². The molecule has 0 bridgehead atoms. The quantitative estimate of drug-likeness (QED) is 0.819. The summed E-state index contributed by atoms with van der Waals surface area (Å²) >= 11 is 0. The molecular formula is C12H17NO2. The normalized spacial score (nSPS) is 18.3. The van der Waals surface area contributed by atoms with Crippen molar-refractivity contribution in [2.75, 3.05) is 13.2 Å². The van der Waals surface area contributed by atoms with Crippen molar-refractivity contribution in [3.8, 4) is 5.75 Å². The van der Waals surface area contributed by atoms with E-state index in [9.17, 15) is 0 Å². The summed E-state index contributed by atoms with van der Waals surface area (Å²) in [6, 6.07) is 8.03. The zero-order chi connectivity index (χ0) is 10.7. The summed E-state index contributed by atoms with van der Waals surface area (Å²) in [5, 5.41) is 0. The molecule has 1 aromatic carbocycles. The van der Waals surface area contributed by atoms with Crippen LogP contribution in [0.1, 0.15) is 24.9 Å². The Morgan fingerprint density at radius 2 is 2.20 bits per heavy atom. The summed E-state index contributed by atoms with van der Waals surface area (Å²) in [4.78, 5) is 0. The third kappa shape index (κ3) is 2.30. The summed E-state index contributed by atoms with van der Waals surface area (Å²) < 4.78 is 10.9. The van der Waals surface area contributed by atoms with E-state index >= 15 is 0 Å². The molecule has 0 saturated carbocycles. The number of benzene rings is 1. The number of para-hydroxylation sites is 1. The number of nitrogens with two attached hydrogens (primary N) is 1. The van der Waals surface area contributed by atoms with Crippen molar-refractivity contribution in [3.63, 3.8) is 0 Å². The lowest BCUT2D eigenvalue weighted by molar-refractivity contribution is -0.0800. The maximum atomic E-state index is 6.02. The second kappa shape index (κ2) is 4.64. The van der Waals surface area contributed by atoms with Gasteiger partial charge in [-0.3, -0.25) is 0 Å². The van der Waals surface area contributed by atoms with E-state index < -0.39 is 0 Å². The van der Waals surface area contributed by atoms with Crippen molar-refractivity contribution in [3.05, 3.63) is 29.8 Å². The van der Waals surface area contributed by atoms with E-state index in [4.69, 9.17) is 15.2 Å². The first-order chi connectivity index (χ1) is 7.31. The molecule has 1 unspecified atom stereocenters. The first-order valence-electron chi connectivity index (χ1n) is 5.40. The molecule has 15 heavy (non-hydrogen) atoms. The molecule has 1 saturated heterocycles. The van der Waals surface area contributed by atoms with Gasteiger partial charge >= 0.3 is 0 Å². The van der Waals surface area contributed by atoms with Crippen molar-refractivity contribution in [2.24, 2.45) is 5.73 Å². The van der Waals surface area contributed by atoms with Crippen molar-refractivity contribution in [1.29, 1.82) is 0 Å². The third-order valence-corrected chi connectivity index (χ3v) is 2.66. The minimum absolute atomic E-state index is 0.0576. The van der Waals surface area contributed by atoms with E-state index in [1.165, 1.54) is 0 Å². The van der Waals surface area contributed by atoms with Crippen LogP contribution in [0.5, 0.6) is 5.75 Å². The zero-order valence-electron chi connectivity index (χ0n) is 8.98. The van der Waals surface area contributed by atoms with Crippen molar-refractivity contribution in [1.82, 2.24) is 0 Å². The predicted octanol–water partition coefficient (Wildman–Crippen LogP) is 1.87. The van der Waals surface area contributed by atoms with Gasteiger partial charge in [-0.1, -0.05) is 25.1 Å². The van der Waals surface area contributed by atoms with Crippen LogP contribution in [-0.4, -0.2) is 19.3 Å². The van der Waals surface area contributed by atoms with Crippen LogP contribution in [0.25, 0.3) is 0 Å². The van der Waals surface area contributed by atoms with Crippen LogP contribution in [0, 0.1) is 0 Å². The highest BCUT2D eigenvalue weighted by Crippen LogP contribution is 2.27. The van der Waals surface area contributed by atoms with Crippen LogP contribution in [0.3, 0.4) is 0 Å². The van der Waals surface area contributed by atoms with Gasteiger partial charge in [-0.25, -0.2) is 0 Å². The minimum Gasteiger partial charge on any atom is -0.485 e. The Hall–Kier alpha value is -1.06. The van der Waals surface area contributed by atoms with Gasteiger partial charge in [-0.2, -0.15) is 0 Å². The number of ether oxygens (including phenoxy) is 2. The molecule has 1 aromatic rings. The van der Waals surface area contributed by atoms with Crippen LogP contribution >= 0.6 is 0 Å². The molecular weight excluding hydrogens is 190 g/mol. The lowest BCUT2D eigenvalue weighted by Gasteiger charge is -2.28. The topological polar surface area (TPSA) is 44.5 Å². The fraction of sp³-hybridized carbons (Fsp3) is 0.500. The van der Waals surface area contributed by atoms with Crippen LogP contribution in [0.4, 0.5) is 0 Å². The molecule has 0 amide bonds. The van der Waals surface area contributed by atoms with Crippen molar-refractivity contribution >= 4 is 0 Å². The number of rotatable bonds is 4. The molecule has 0 spiro atoms. The lowest BCUT2D eigenvalue weighted by atomic mass is 10.0. The van der Waals surface area contributed by atoms with E-state index in [-0.39, 0.29) is 12.1 Å². The largest absolute Gasteiger partial charge is 0.485 e. The molecule has 0 radical (unpaired) electrons. The molecule has 82 valence electrons. The van der Waals surface area contributed by atoms with Gasteiger partial charge in [0.25, 0.3) is 0 Å². The SMILES string of the molecule is CCC(N)c1ccccc1OC1COC1. The van der Waals surface area contributed by atoms with E-state index in [0.29, 0.717) is 13.2 Å². The Morgan fingerprint density at radius 1 is 1.47 bits per heavy atom. The lowest BCUT2D eigenvalue weighted by Crippen LogP contribution is -2.38. The summed E-state index contributed by atoms with van der Waals surface area (Å²) in [6.45, 7) is 3.46. The van der Waals surface area contributed by atoms with Gasteiger partial charge in [0.2, 0.25) is 0 Å². The first kappa shape index (κ1) is 10.5. The fourth-order valence-corrected chi connectivity index (χ4v) is 1.58. The van der Waals surface area contributed by atoms with Crippen LogP contribution < -0.4 is 10.5 Å². The summed E-state index contributed by atoms with van der Waals surface area (Å²) in [5.41, 5.74) is 7.11. The van der Waals surface area contributed by atoms with Gasteiger partial charge in [0.1, 0.15) is 11.9 Å². The second-order valence-corrected chi connectivity index (χ2v) is 3.83. The maximum absolute atomic E-state index is 6.02. The molecule has 3 heteroatoms. The third-order valence-electron chi connectivity index (χ3n) is 2.66. The number of hydrogen-bond donors (Lipinski definition) is 1. The van der Waals surface area contributed by atoms with E-state index in [2.05, 4.69) is 6.92 Å². The van der Waals surface area contributed by atoms with Gasteiger partial charge < -0.3 is 15.2 Å². The highest BCUT2D eigenvalue weighted by molar-refractivity contribution is 5.35. The molecule has 3 nitrogen and oxygen atoms in total. The molecule has 0 aromatic heterocycles.